The number of fused-ring (bicyclic) bond motifs is 5. The topological polar surface area (TPSA) is 60.4 Å². The van der Waals surface area contributed by atoms with E-state index in [1.807, 2.05) is 19.9 Å². The number of ketones is 1. The standard InChI is InChI=1S/C26H36O4/c1-16(2)13-24(29)30-23(15-27)22-8-7-20-19-6-5-17-14-18(28)9-11-25(17,3)21(19)10-12-26(20,22)4/h14-16,19-21H,5-13H2,1-4H3/b23-22-/t19-,20-,21-,25-,26-/m0/s1. The van der Waals surface area contributed by atoms with E-state index < -0.39 is 0 Å². The second-order valence-electron chi connectivity index (χ2n) is 11.0. The lowest BCUT2D eigenvalue weighted by atomic mass is 9.47. The summed E-state index contributed by atoms with van der Waals surface area (Å²) in [5.41, 5.74) is 2.55. The fourth-order valence-corrected chi connectivity index (χ4v) is 7.43. The Morgan fingerprint density at radius 3 is 2.53 bits per heavy atom. The van der Waals surface area contributed by atoms with Gasteiger partial charge in [0, 0.05) is 12.8 Å². The second-order valence-corrected chi connectivity index (χ2v) is 11.0. The molecule has 4 nitrogen and oxygen atoms in total. The van der Waals surface area contributed by atoms with Crippen molar-refractivity contribution in [3.63, 3.8) is 0 Å². The van der Waals surface area contributed by atoms with Crippen LogP contribution in [0.2, 0.25) is 0 Å². The molecule has 4 aliphatic rings. The van der Waals surface area contributed by atoms with Crippen LogP contribution in [0.5, 0.6) is 0 Å². The molecule has 0 bridgehead atoms. The van der Waals surface area contributed by atoms with Crippen LogP contribution in [-0.4, -0.2) is 18.0 Å². The van der Waals surface area contributed by atoms with E-state index in [4.69, 9.17) is 4.74 Å². The molecule has 164 valence electrons. The van der Waals surface area contributed by atoms with Gasteiger partial charge in [-0.3, -0.25) is 14.4 Å². The van der Waals surface area contributed by atoms with Crippen molar-refractivity contribution >= 4 is 18.0 Å². The average molecular weight is 413 g/mol. The zero-order valence-electron chi connectivity index (χ0n) is 19.0. The number of esters is 1. The van der Waals surface area contributed by atoms with E-state index in [0.29, 0.717) is 36.4 Å². The third-order valence-electron chi connectivity index (χ3n) is 8.95. The number of rotatable bonds is 4. The van der Waals surface area contributed by atoms with Gasteiger partial charge in [0.25, 0.3) is 0 Å². The van der Waals surface area contributed by atoms with Crippen LogP contribution in [-0.2, 0) is 19.1 Å². The first-order chi connectivity index (χ1) is 14.2. The molecule has 5 atom stereocenters. The van der Waals surface area contributed by atoms with Gasteiger partial charge in [-0.05, 0) is 91.1 Å². The van der Waals surface area contributed by atoms with Crippen LogP contribution in [0.3, 0.4) is 0 Å². The first-order valence-corrected chi connectivity index (χ1v) is 11.8. The maximum Gasteiger partial charge on any atom is 0.311 e. The van der Waals surface area contributed by atoms with E-state index in [-0.39, 0.29) is 28.5 Å². The van der Waals surface area contributed by atoms with Crippen LogP contribution in [0.4, 0.5) is 0 Å². The minimum atomic E-state index is -0.299. The van der Waals surface area contributed by atoms with E-state index in [1.165, 1.54) is 5.57 Å². The Balaban J connectivity index is 1.61. The zero-order chi connectivity index (χ0) is 21.7. The number of aldehydes is 1. The van der Waals surface area contributed by atoms with Gasteiger partial charge in [0.2, 0.25) is 0 Å². The normalized spacial score (nSPS) is 39.6. The predicted molar refractivity (Wildman–Crippen MR) is 115 cm³/mol. The van der Waals surface area contributed by atoms with Gasteiger partial charge >= 0.3 is 5.97 Å². The van der Waals surface area contributed by atoms with Crippen molar-refractivity contribution in [1.82, 2.24) is 0 Å². The summed E-state index contributed by atoms with van der Waals surface area (Å²) in [6, 6.07) is 0. The summed E-state index contributed by atoms with van der Waals surface area (Å²) in [6.45, 7) is 8.65. The summed E-state index contributed by atoms with van der Waals surface area (Å²) in [7, 11) is 0. The van der Waals surface area contributed by atoms with Crippen LogP contribution >= 0.6 is 0 Å². The molecule has 0 amide bonds. The first kappa shape index (κ1) is 21.5. The van der Waals surface area contributed by atoms with Crippen molar-refractivity contribution in [2.24, 2.45) is 34.5 Å². The lowest BCUT2D eigenvalue weighted by Gasteiger charge is -2.57. The number of allylic oxidation sites excluding steroid dienone is 3. The number of carbonyl (C=O) groups excluding carboxylic acids is 3. The van der Waals surface area contributed by atoms with Gasteiger partial charge in [0.05, 0.1) is 0 Å². The maximum absolute atomic E-state index is 12.2. The largest absolute Gasteiger partial charge is 0.423 e. The molecular weight excluding hydrogens is 376 g/mol. The SMILES string of the molecule is CC(C)CC(=O)O/C(C=O)=C1/CC[C@H]2[C@@H]3CCC4=CC(=O)CC[C@]4(C)[C@H]3CC[C@]12C. The monoisotopic (exact) mass is 412 g/mol. The molecule has 0 heterocycles. The molecule has 0 N–H and O–H groups in total. The molecule has 4 aliphatic carbocycles. The summed E-state index contributed by atoms with van der Waals surface area (Å²) in [5.74, 6) is 2.27. The van der Waals surface area contributed by atoms with Gasteiger partial charge in [-0.1, -0.05) is 33.3 Å². The van der Waals surface area contributed by atoms with Gasteiger partial charge in [0.1, 0.15) is 0 Å². The summed E-state index contributed by atoms with van der Waals surface area (Å²) < 4.78 is 5.59. The minimum absolute atomic E-state index is 0.0580. The van der Waals surface area contributed by atoms with Crippen LogP contribution in [0, 0.1) is 34.5 Å². The molecule has 0 unspecified atom stereocenters. The Morgan fingerprint density at radius 1 is 1.10 bits per heavy atom. The summed E-state index contributed by atoms with van der Waals surface area (Å²) in [4.78, 5) is 36.2. The van der Waals surface area contributed by atoms with Gasteiger partial charge in [-0.25, -0.2) is 0 Å². The first-order valence-electron chi connectivity index (χ1n) is 11.8. The Morgan fingerprint density at radius 2 is 1.83 bits per heavy atom. The van der Waals surface area contributed by atoms with Gasteiger partial charge < -0.3 is 4.74 Å². The molecule has 0 aromatic heterocycles. The van der Waals surface area contributed by atoms with E-state index in [9.17, 15) is 14.4 Å². The number of carbonyl (C=O) groups is 3. The molecule has 0 radical (unpaired) electrons. The Kier molecular flexibility index (Phi) is 5.57. The Bertz CT molecular complexity index is 819. The van der Waals surface area contributed by atoms with Gasteiger partial charge in [0.15, 0.2) is 17.8 Å². The zero-order valence-corrected chi connectivity index (χ0v) is 19.0. The molecule has 4 heteroatoms. The molecule has 0 spiro atoms. The van der Waals surface area contributed by atoms with Crippen LogP contribution in [0.25, 0.3) is 0 Å². The van der Waals surface area contributed by atoms with E-state index in [0.717, 1.165) is 56.8 Å². The van der Waals surface area contributed by atoms with Crippen LogP contribution < -0.4 is 0 Å². The third kappa shape index (κ3) is 3.40. The number of hydrogen-bond acceptors (Lipinski definition) is 4. The number of hydrogen-bond donors (Lipinski definition) is 0. The fourth-order valence-electron chi connectivity index (χ4n) is 7.43. The molecule has 0 aromatic carbocycles. The molecular formula is C26H36O4. The average Bonchev–Trinajstić information content (AvgIpc) is 3.03. The van der Waals surface area contributed by atoms with Crippen molar-refractivity contribution in [3.05, 3.63) is 23.0 Å². The van der Waals surface area contributed by atoms with Crippen molar-refractivity contribution in [2.75, 3.05) is 0 Å². The fraction of sp³-hybridized carbons (Fsp3) is 0.731. The quantitative estimate of drug-likeness (QED) is 0.262. The lowest BCUT2D eigenvalue weighted by molar-refractivity contribution is -0.142. The highest BCUT2D eigenvalue weighted by Gasteiger charge is 2.58. The van der Waals surface area contributed by atoms with E-state index in [1.54, 1.807) is 0 Å². The van der Waals surface area contributed by atoms with Crippen molar-refractivity contribution in [2.45, 2.75) is 85.5 Å². The minimum Gasteiger partial charge on any atom is -0.423 e. The highest BCUT2D eigenvalue weighted by molar-refractivity contribution is 5.91. The maximum atomic E-state index is 12.2. The van der Waals surface area contributed by atoms with Crippen molar-refractivity contribution in [1.29, 1.82) is 0 Å². The Labute approximate surface area is 180 Å². The van der Waals surface area contributed by atoms with Crippen molar-refractivity contribution < 1.29 is 19.1 Å². The smallest absolute Gasteiger partial charge is 0.311 e. The Hall–Kier alpha value is -1.71. The molecule has 3 fully saturated rings. The van der Waals surface area contributed by atoms with Crippen LogP contribution in [0.15, 0.2) is 23.0 Å². The molecule has 0 saturated heterocycles. The lowest BCUT2D eigenvalue weighted by Crippen LogP contribution is -2.49. The highest BCUT2D eigenvalue weighted by Crippen LogP contribution is 2.66. The van der Waals surface area contributed by atoms with E-state index in [2.05, 4.69) is 13.8 Å². The predicted octanol–water partition coefficient (Wildman–Crippen LogP) is 5.56. The van der Waals surface area contributed by atoms with Crippen LogP contribution in [0.1, 0.15) is 85.5 Å². The van der Waals surface area contributed by atoms with Gasteiger partial charge in [-0.2, -0.15) is 0 Å². The molecule has 0 aromatic rings. The van der Waals surface area contributed by atoms with Crippen molar-refractivity contribution in [3.8, 4) is 0 Å². The molecule has 3 saturated carbocycles. The van der Waals surface area contributed by atoms with Gasteiger partial charge in [-0.15, -0.1) is 0 Å². The second kappa shape index (κ2) is 7.76. The molecule has 30 heavy (non-hydrogen) atoms. The summed E-state index contributed by atoms with van der Waals surface area (Å²) in [6.07, 6.45) is 11.0. The van der Waals surface area contributed by atoms with E-state index >= 15 is 0 Å². The number of ether oxygens (including phenoxy) is 1. The third-order valence-corrected chi connectivity index (χ3v) is 8.95. The molecule has 4 rings (SSSR count). The molecule has 0 aliphatic heterocycles. The summed E-state index contributed by atoms with van der Waals surface area (Å²) in [5, 5.41) is 0. The highest BCUT2D eigenvalue weighted by atomic mass is 16.5. The summed E-state index contributed by atoms with van der Waals surface area (Å²) >= 11 is 0.